The van der Waals surface area contributed by atoms with Crippen LogP contribution in [0.15, 0.2) is 60.8 Å². The van der Waals surface area contributed by atoms with Crippen LogP contribution in [0.3, 0.4) is 0 Å². The Hall–Kier alpha value is -2.99. The molecule has 0 saturated carbocycles. The zero-order valence-electron chi connectivity index (χ0n) is 14.1. The second-order valence-corrected chi connectivity index (χ2v) is 6.23. The Labute approximate surface area is 156 Å². The van der Waals surface area contributed by atoms with Crippen molar-refractivity contribution >= 4 is 29.2 Å². The average molecular weight is 372 g/mol. The van der Waals surface area contributed by atoms with Crippen LogP contribution in [0.2, 0.25) is 5.02 Å². The lowest BCUT2D eigenvalue weighted by molar-refractivity contribution is -0.119. The van der Waals surface area contributed by atoms with Crippen LogP contribution in [0.25, 0.3) is 0 Å². The Kier molecular flexibility index (Phi) is 5.14. The molecule has 2 aromatic carbocycles. The molecule has 3 rings (SSSR count). The SMILES string of the molecule is C=C1NC(=O)NC(c2cccc(OC)c2)C1C(=O)Nc1ccccc1Cl. The van der Waals surface area contributed by atoms with Crippen LogP contribution < -0.4 is 20.7 Å². The third-order valence-electron chi connectivity index (χ3n) is 4.14. The summed E-state index contributed by atoms with van der Waals surface area (Å²) in [4.78, 5) is 24.8. The molecule has 1 fully saturated rings. The van der Waals surface area contributed by atoms with Gasteiger partial charge < -0.3 is 20.7 Å². The molecule has 1 heterocycles. The number of carbonyl (C=O) groups is 2. The minimum atomic E-state index is -0.726. The maximum absolute atomic E-state index is 12.9. The predicted molar refractivity (Wildman–Crippen MR) is 100 cm³/mol. The van der Waals surface area contributed by atoms with E-state index < -0.39 is 18.0 Å². The summed E-state index contributed by atoms with van der Waals surface area (Å²) in [5, 5.41) is 8.58. The summed E-state index contributed by atoms with van der Waals surface area (Å²) >= 11 is 6.12. The molecule has 0 bridgehead atoms. The maximum atomic E-state index is 12.9. The standard InChI is InChI=1S/C19H18ClN3O3/c1-11-16(18(24)22-15-9-4-3-8-14(15)20)17(23-19(25)21-11)12-6-5-7-13(10-12)26-2/h3-10,16-17H,1H2,2H3,(H,22,24)(H2,21,23,25). The molecule has 7 heteroatoms. The molecule has 3 N–H and O–H groups in total. The van der Waals surface area contributed by atoms with Gasteiger partial charge in [0.05, 0.1) is 23.9 Å². The highest BCUT2D eigenvalue weighted by molar-refractivity contribution is 6.33. The van der Waals surface area contributed by atoms with E-state index in [0.717, 1.165) is 5.56 Å². The minimum Gasteiger partial charge on any atom is -0.497 e. The molecule has 2 aromatic rings. The van der Waals surface area contributed by atoms with Gasteiger partial charge in [0, 0.05) is 5.70 Å². The Balaban J connectivity index is 1.92. The number of carbonyl (C=O) groups excluding carboxylic acids is 2. The van der Waals surface area contributed by atoms with Crippen molar-refractivity contribution in [3.8, 4) is 5.75 Å². The number of nitrogens with one attached hydrogen (secondary N) is 3. The van der Waals surface area contributed by atoms with E-state index in [1.807, 2.05) is 6.07 Å². The number of benzene rings is 2. The molecule has 0 spiro atoms. The molecular weight excluding hydrogens is 354 g/mol. The van der Waals surface area contributed by atoms with Crippen molar-refractivity contribution in [1.82, 2.24) is 10.6 Å². The van der Waals surface area contributed by atoms with Gasteiger partial charge in [-0.3, -0.25) is 4.79 Å². The van der Waals surface area contributed by atoms with E-state index in [1.54, 1.807) is 49.6 Å². The van der Waals surface area contributed by atoms with Crippen LogP contribution in [0, 0.1) is 5.92 Å². The summed E-state index contributed by atoms with van der Waals surface area (Å²) in [5.74, 6) is -0.425. The van der Waals surface area contributed by atoms with Crippen LogP contribution in [0.5, 0.6) is 5.75 Å². The van der Waals surface area contributed by atoms with E-state index in [1.165, 1.54) is 0 Å². The average Bonchev–Trinajstić information content (AvgIpc) is 2.63. The van der Waals surface area contributed by atoms with Gasteiger partial charge in [0.15, 0.2) is 0 Å². The van der Waals surface area contributed by atoms with Crippen LogP contribution in [0.4, 0.5) is 10.5 Å². The van der Waals surface area contributed by atoms with E-state index in [-0.39, 0.29) is 5.91 Å². The van der Waals surface area contributed by atoms with Gasteiger partial charge in [-0.05, 0) is 29.8 Å². The lowest BCUT2D eigenvalue weighted by atomic mass is 9.88. The number of urea groups is 1. The van der Waals surface area contributed by atoms with Gasteiger partial charge in [0.2, 0.25) is 5.91 Å². The molecule has 26 heavy (non-hydrogen) atoms. The van der Waals surface area contributed by atoms with E-state index >= 15 is 0 Å². The maximum Gasteiger partial charge on any atom is 0.319 e. The predicted octanol–water partition coefficient (Wildman–Crippen LogP) is 3.47. The molecule has 6 nitrogen and oxygen atoms in total. The zero-order valence-corrected chi connectivity index (χ0v) is 14.8. The Morgan fingerprint density at radius 1 is 1.23 bits per heavy atom. The lowest BCUT2D eigenvalue weighted by Gasteiger charge is -2.34. The molecule has 1 aliphatic heterocycles. The number of methoxy groups -OCH3 is 1. The van der Waals surface area contributed by atoms with Crippen molar-refractivity contribution in [1.29, 1.82) is 0 Å². The van der Waals surface area contributed by atoms with Crippen molar-refractivity contribution in [2.24, 2.45) is 5.92 Å². The highest BCUT2D eigenvalue weighted by Gasteiger charge is 2.38. The van der Waals surface area contributed by atoms with E-state index in [0.29, 0.717) is 22.2 Å². The number of hydrogen-bond acceptors (Lipinski definition) is 3. The molecule has 1 aliphatic rings. The monoisotopic (exact) mass is 371 g/mol. The number of halogens is 1. The summed E-state index contributed by atoms with van der Waals surface area (Å²) in [7, 11) is 1.56. The molecule has 0 radical (unpaired) electrons. The summed E-state index contributed by atoms with van der Waals surface area (Å²) < 4.78 is 5.24. The molecular formula is C19H18ClN3O3. The van der Waals surface area contributed by atoms with Gasteiger partial charge in [-0.1, -0.05) is 42.4 Å². The number of amides is 3. The van der Waals surface area contributed by atoms with E-state index in [2.05, 4.69) is 22.5 Å². The highest BCUT2D eigenvalue weighted by atomic mass is 35.5. The van der Waals surface area contributed by atoms with Gasteiger partial charge in [-0.15, -0.1) is 0 Å². The van der Waals surface area contributed by atoms with Gasteiger partial charge in [0.25, 0.3) is 0 Å². The van der Waals surface area contributed by atoms with Gasteiger partial charge in [-0.2, -0.15) is 0 Å². The fourth-order valence-electron chi connectivity index (χ4n) is 2.88. The molecule has 134 valence electrons. The normalized spacial score (nSPS) is 19.3. The van der Waals surface area contributed by atoms with Crippen molar-refractivity contribution < 1.29 is 14.3 Å². The Morgan fingerprint density at radius 3 is 2.73 bits per heavy atom. The van der Waals surface area contributed by atoms with E-state index in [4.69, 9.17) is 16.3 Å². The fraction of sp³-hybridized carbons (Fsp3) is 0.158. The first-order chi connectivity index (χ1) is 12.5. The number of ether oxygens (including phenoxy) is 1. The zero-order chi connectivity index (χ0) is 18.7. The molecule has 2 unspecified atom stereocenters. The number of rotatable bonds is 4. The first kappa shape index (κ1) is 17.8. The number of hydrogen-bond donors (Lipinski definition) is 3. The van der Waals surface area contributed by atoms with E-state index in [9.17, 15) is 9.59 Å². The van der Waals surface area contributed by atoms with Crippen molar-refractivity contribution in [2.75, 3.05) is 12.4 Å². The van der Waals surface area contributed by atoms with Crippen LogP contribution in [-0.2, 0) is 4.79 Å². The third kappa shape index (κ3) is 3.65. The third-order valence-corrected chi connectivity index (χ3v) is 4.47. The number of para-hydroxylation sites is 1. The van der Waals surface area contributed by atoms with Gasteiger partial charge >= 0.3 is 6.03 Å². The molecule has 3 amide bonds. The largest absolute Gasteiger partial charge is 0.497 e. The fourth-order valence-corrected chi connectivity index (χ4v) is 3.06. The smallest absolute Gasteiger partial charge is 0.319 e. The minimum absolute atomic E-state index is 0.311. The van der Waals surface area contributed by atoms with Crippen LogP contribution in [0.1, 0.15) is 11.6 Å². The summed E-state index contributed by atoms with van der Waals surface area (Å²) in [6, 6.07) is 13.1. The second kappa shape index (κ2) is 7.49. The summed E-state index contributed by atoms with van der Waals surface area (Å²) in [6.07, 6.45) is 0. The molecule has 0 aliphatic carbocycles. The van der Waals surface area contributed by atoms with Crippen LogP contribution in [-0.4, -0.2) is 19.0 Å². The summed E-state index contributed by atoms with van der Waals surface area (Å²) in [5.41, 5.74) is 1.54. The second-order valence-electron chi connectivity index (χ2n) is 5.82. The van der Waals surface area contributed by atoms with Gasteiger partial charge in [-0.25, -0.2) is 4.79 Å². The van der Waals surface area contributed by atoms with Crippen LogP contribution >= 0.6 is 11.6 Å². The summed E-state index contributed by atoms with van der Waals surface area (Å²) in [6.45, 7) is 3.85. The topological polar surface area (TPSA) is 79.5 Å². The Bertz CT molecular complexity index is 869. The first-order valence-corrected chi connectivity index (χ1v) is 8.33. The van der Waals surface area contributed by atoms with Crippen molar-refractivity contribution in [3.63, 3.8) is 0 Å². The Morgan fingerprint density at radius 2 is 2.00 bits per heavy atom. The number of anilines is 1. The van der Waals surface area contributed by atoms with Crippen molar-refractivity contribution in [2.45, 2.75) is 6.04 Å². The quantitative estimate of drug-likeness (QED) is 0.769. The molecule has 1 saturated heterocycles. The first-order valence-electron chi connectivity index (χ1n) is 7.95. The van der Waals surface area contributed by atoms with Gasteiger partial charge in [0.1, 0.15) is 11.7 Å². The molecule has 2 atom stereocenters. The van der Waals surface area contributed by atoms with Crippen molar-refractivity contribution in [3.05, 3.63) is 71.4 Å². The lowest BCUT2D eigenvalue weighted by Crippen LogP contribution is -2.51. The highest BCUT2D eigenvalue weighted by Crippen LogP contribution is 2.32. The molecule has 0 aromatic heterocycles.